The van der Waals surface area contributed by atoms with Crippen molar-refractivity contribution in [2.24, 2.45) is 0 Å². The summed E-state index contributed by atoms with van der Waals surface area (Å²) < 4.78 is 0. The number of nitrogens with two attached hydrogens (primary N) is 1. The molecule has 1 aromatic carbocycles. The molecule has 0 amide bonds. The Morgan fingerprint density at radius 1 is 1.57 bits per heavy atom. The molecule has 0 atom stereocenters. The van der Waals surface area contributed by atoms with Gasteiger partial charge in [0.2, 0.25) is 0 Å². The largest absolute Gasteiger partial charge is 0.398 e. The maximum absolute atomic E-state index is 11.6. The number of hydrogen-bond donors (Lipinski definition) is 1. The molecule has 0 saturated heterocycles. The van der Waals surface area contributed by atoms with Crippen molar-refractivity contribution >= 4 is 11.5 Å². The number of hydrogen-bond acceptors (Lipinski definition) is 2. The van der Waals surface area contributed by atoms with E-state index in [1.54, 1.807) is 18.2 Å². The second kappa shape index (κ2) is 4.48. The van der Waals surface area contributed by atoms with Crippen molar-refractivity contribution in [3.63, 3.8) is 0 Å². The lowest BCUT2D eigenvalue weighted by Crippen LogP contribution is -2.03. The summed E-state index contributed by atoms with van der Waals surface area (Å²) >= 11 is 0. The Balaban J connectivity index is 2.91. The molecule has 0 aliphatic rings. The van der Waals surface area contributed by atoms with Gasteiger partial charge in [-0.15, -0.1) is 12.3 Å². The van der Waals surface area contributed by atoms with Crippen LogP contribution in [0.3, 0.4) is 0 Å². The van der Waals surface area contributed by atoms with Crippen LogP contribution in [0.5, 0.6) is 0 Å². The lowest BCUT2D eigenvalue weighted by atomic mass is 10.0. The third-order valence-electron chi connectivity index (χ3n) is 2.17. The molecule has 0 bridgehead atoms. The zero-order valence-corrected chi connectivity index (χ0v) is 8.21. The molecule has 0 saturated carbocycles. The highest BCUT2D eigenvalue weighted by molar-refractivity contribution is 5.98. The van der Waals surface area contributed by atoms with Crippen LogP contribution in [0.4, 0.5) is 5.69 Å². The van der Waals surface area contributed by atoms with Gasteiger partial charge in [0.1, 0.15) is 0 Å². The predicted molar refractivity (Wildman–Crippen MR) is 58.0 cm³/mol. The summed E-state index contributed by atoms with van der Waals surface area (Å²) in [4.78, 5) is 11.6. The number of carbonyl (C=O) groups is 1. The Hall–Kier alpha value is -1.75. The lowest BCUT2D eigenvalue weighted by Gasteiger charge is -2.05. The molecule has 0 aliphatic heterocycles. The molecule has 0 aromatic heterocycles. The van der Waals surface area contributed by atoms with Crippen LogP contribution in [0.1, 0.15) is 28.8 Å². The zero-order chi connectivity index (χ0) is 10.6. The van der Waals surface area contributed by atoms with Gasteiger partial charge in [0, 0.05) is 24.1 Å². The van der Waals surface area contributed by atoms with Gasteiger partial charge >= 0.3 is 0 Å². The maximum atomic E-state index is 11.6. The Labute approximate surface area is 84.1 Å². The molecule has 14 heavy (non-hydrogen) atoms. The van der Waals surface area contributed by atoms with Crippen molar-refractivity contribution in [1.82, 2.24) is 0 Å². The van der Waals surface area contributed by atoms with Crippen molar-refractivity contribution in [2.75, 3.05) is 5.73 Å². The minimum absolute atomic E-state index is 0.0627. The minimum Gasteiger partial charge on any atom is -0.398 e. The van der Waals surface area contributed by atoms with Crippen molar-refractivity contribution in [1.29, 1.82) is 0 Å². The fourth-order valence-electron chi connectivity index (χ4n) is 1.28. The van der Waals surface area contributed by atoms with Crippen LogP contribution >= 0.6 is 0 Å². The second-order valence-electron chi connectivity index (χ2n) is 3.15. The average molecular weight is 187 g/mol. The number of ketones is 1. The third-order valence-corrected chi connectivity index (χ3v) is 2.17. The Bertz CT molecular complexity index is 388. The Morgan fingerprint density at radius 2 is 2.29 bits per heavy atom. The smallest absolute Gasteiger partial charge is 0.164 e. The average Bonchev–Trinajstić information content (AvgIpc) is 2.18. The highest BCUT2D eigenvalue weighted by atomic mass is 16.1. The molecular formula is C12H13NO. The molecule has 1 aromatic rings. The zero-order valence-electron chi connectivity index (χ0n) is 8.21. The number of rotatable bonds is 3. The standard InChI is InChI=1S/C12H13NO/c1-3-4-8-12(14)10-6-5-7-11(13)9(10)2/h1,5-7H,4,8,13H2,2H3. The fourth-order valence-corrected chi connectivity index (χ4v) is 1.28. The van der Waals surface area contributed by atoms with E-state index in [1.165, 1.54) is 0 Å². The predicted octanol–water partition coefficient (Wildman–Crippen LogP) is 2.17. The Morgan fingerprint density at radius 3 is 2.93 bits per heavy atom. The Kier molecular flexibility index (Phi) is 3.30. The molecule has 0 fully saturated rings. The van der Waals surface area contributed by atoms with E-state index in [0.29, 0.717) is 24.1 Å². The van der Waals surface area contributed by atoms with Crippen LogP contribution in [-0.4, -0.2) is 5.78 Å². The SMILES string of the molecule is C#CCCC(=O)c1cccc(N)c1C. The number of Topliss-reactive ketones (excluding diaryl/α,β-unsaturated/α-hetero) is 1. The van der Waals surface area contributed by atoms with Gasteiger partial charge in [0.25, 0.3) is 0 Å². The van der Waals surface area contributed by atoms with Crippen molar-refractivity contribution < 1.29 is 4.79 Å². The highest BCUT2D eigenvalue weighted by Gasteiger charge is 2.09. The molecule has 0 aliphatic carbocycles. The number of nitrogen functional groups attached to an aromatic ring is 1. The number of benzene rings is 1. The van der Waals surface area contributed by atoms with E-state index in [9.17, 15) is 4.79 Å². The van der Waals surface area contributed by atoms with Gasteiger partial charge in [-0.05, 0) is 18.6 Å². The van der Waals surface area contributed by atoms with Crippen LogP contribution < -0.4 is 5.73 Å². The van der Waals surface area contributed by atoms with Gasteiger partial charge in [-0.3, -0.25) is 4.79 Å². The first kappa shape index (κ1) is 10.3. The quantitative estimate of drug-likeness (QED) is 0.447. The molecule has 0 spiro atoms. The molecule has 0 heterocycles. The van der Waals surface area contributed by atoms with Crippen molar-refractivity contribution in [3.8, 4) is 12.3 Å². The van der Waals surface area contributed by atoms with E-state index in [1.807, 2.05) is 6.92 Å². The molecular weight excluding hydrogens is 174 g/mol. The first-order valence-electron chi connectivity index (χ1n) is 4.48. The second-order valence-corrected chi connectivity index (χ2v) is 3.15. The molecule has 0 unspecified atom stereocenters. The molecule has 2 nitrogen and oxygen atoms in total. The van der Waals surface area contributed by atoms with Crippen LogP contribution in [0.2, 0.25) is 0 Å². The highest BCUT2D eigenvalue weighted by Crippen LogP contribution is 2.17. The monoisotopic (exact) mass is 187 g/mol. The van der Waals surface area contributed by atoms with E-state index < -0.39 is 0 Å². The molecule has 2 heteroatoms. The van der Waals surface area contributed by atoms with E-state index in [0.717, 1.165) is 5.56 Å². The number of terminal acetylenes is 1. The summed E-state index contributed by atoms with van der Waals surface area (Å²) in [6, 6.07) is 5.35. The summed E-state index contributed by atoms with van der Waals surface area (Å²) in [7, 11) is 0. The van der Waals surface area contributed by atoms with Crippen molar-refractivity contribution in [2.45, 2.75) is 19.8 Å². The third kappa shape index (κ3) is 2.14. The summed E-state index contributed by atoms with van der Waals surface area (Å²) in [6.45, 7) is 1.85. The van der Waals surface area contributed by atoms with Crippen LogP contribution in [0.15, 0.2) is 18.2 Å². The van der Waals surface area contributed by atoms with Crippen LogP contribution in [0.25, 0.3) is 0 Å². The number of carbonyl (C=O) groups excluding carboxylic acids is 1. The van der Waals surface area contributed by atoms with E-state index >= 15 is 0 Å². The molecule has 72 valence electrons. The van der Waals surface area contributed by atoms with Gasteiger partial charge in [-0.25, -0.2) is 0 Å². The van der Waals surface area contributed by atoms with Crippen LogP contribution in [-0.2, 0) is 0 Å². The first-order valence-corrected chi connectivity index (χ1v) is 4.48. The topological polar surface area (TPSA) is 43.1 Å². The molecule has 2 N–H and O–H groups in total. The lowest BCUT2D eigenvalue weighted by molar-refractivity contribution is 0.0984. The maximum Gasteiger partial charge on any atom is 0.164 e. The van der Waals surface area contributed by atoms with E-state index in [4.69, 9.17) is 12.2 Å². The van der Waals surface area contributed by atoms with Gasteiger partial charge in [-0.1, -0.05) is 12.1 Å². The minimum atomic E-state index is 0.0627. The summed E-state index contributed by atoms with van der Waals surface area (Å²) in [5, 5.41) is 0. The fraction of sp³-hybridized carbons (Fsp3) is 0.250. The van der Waals surface area contributed by atoms with E-state index in [-0.39, 0.29) is 5.78 Å². The van der Waals surface area contributed by atoms with Gasteiger partial charge in [0.05, 0.1) is 0 Å². The first-order chi connectivity index (χ1) is 6.66. The summed E-state index contributed by atoms with van der Waals surface area (Å²) in [5.41, 5.74) is 7.87. The summed E-state index contributed by atoms with van der Waals surface area (Å²) in [6.07, 6.45) is 5.96. The van der Waals surface area contributed by atoms with Crippen LogP contribution in [0, 0.1) is 19.3 Å². The van der Waals surface area contributed by atoms with Gasteiger partial charge in [-0.2, -0.15) is 0 Å². The van der Waals surface area contributed by atoms with Gasteiger partial charge < -0.3 is 5.73 Å². The van der Waals surface area contributed by atoms with Crippen molar-refractivity contribution in [3.05, 3.63) is 29.3 Å². The molecule has 0 radical (unpaired) electrons. The van der Waals surface area contributed by atoms with Gasteiger partial charge in [0.15, 0.2) is 5.78 Å². The molecule has 1 rings (SSSR count). The van der Waals surface area contributed by atoms with E-state index in [2.05, 4.69) is 5.92 Å². The number of anilines is 1. The summed E-state index contributed by atoms with van der Waals surface area (Å²) in [5.74, 6) is 2.51. The normalized spacial score (nSPS) is 9.43.